The summed E-state index contributed by atoms with van der Waals surface area (Å²) in [6, 6.07) is 5.93. The number of carbonyl (C=O) groups excluding carboxylic acids is 4. The van der Waals surface area contributed by atoms with Crippen molar-refractivity contribution in [2.75, 3.05) is 13.7 Å². The van der Waals surface area contributed by atoms with Crippen LogP contribution in [0.15, 0.2) is 18.2 Å². The number of carbonyl (C=O) groups is 4. The van der Waals surface area contributed by atoms with Gasteiger partial charge in [0.1, 0.15) is 0 Å². The highest BCUT2D eigenvalue weighted by atomic mass is 16.5. The fourth-order valence-electron chi connectivity index (χ4n) is 7.94. The van der Waals surface area contributed by atoms with Crippen LogP contribution < -0.4 is 0 Å². The molecule has 2 aromatic rings. The lowest BCUT2D eigenvalue weighted by Crippen LogP contribution is -2.41. The molecule has 6 heterocycles. The average Bonchev–Trinajstić information content (AvgIpc) is 3.76. The van der Waals surface area contributed by atoms with Crippen molar-refractivity contribution in [1.29, 1.82) is 0 Å². The first-order valence-electron chi connectivity index (χ1n) is 17.7. The van der Waals surface area contributed by atoms with E-state index in [1.54, 1.807) is 0 Å². The van der Waals surface area contributed by atoms with Crippen molar-refractivity contribution in [3.05, 3.63) is 69.1 Å². The Hall–Kier alpha value is -4.60. The summed E-state index contributed by atoms with van der Waals surface area (Å²) in [5.74, 6) is -1.20. The number of aldehydes is 1. The number of esters is 1. The molecule has 0 radical (unpaired) electrons. The van der Waals surface area contributed by atoms with Gasteiger partial charge in [-0.05, 0) is 62.4 Å². The van der Waals surface area contributed by atoms with E-state index in [9.17, 15) is 19.2 Å². The number of aryl methyl sites for hydroxylation is 1. The van der Waals surface area contributed by atoms with Crippen molar-refractivity contribution in [3.63, 3.8) is 0 Å². The first-order valence-corrected chi connectivity index (χ1v) is 17.7. The Balaban J connectivity index is 1.72. The summed E-state index contributed by atoms with van der Waals surface area (Å²) >= 11 is 0. The molecule has 258 valence electrons. The van der Waals surface area contributed by atoms with E-state index in [0.717, 1.165) is 60.0 Å². The van der Waals surface area contributed by atoms with Crippen LogP contribution in [-0.2, 0) is 14.3 Å². The number of nitrogens with one attached hydrogen (secondary N) is 2. The number of fused-ring (bicyclic) bond motifs is 8. The largest absolute Gasteiger partial charge is 0.469 e. The molecule has 2 amide bonds. The molecule has 2 N–H and O–H groups in total. The van der Waals surface area contributed by atoms with E-state index in [1.165, 1.54) is 12.0 Å². The Morgan fingerprint density at radius 2 is 1.67 bits per heavy atom. The summed E-state index contributed by atoms with van der Waals surface area (Å²) < 4.78 is 4.99. The summed E-state index contributed by atoms with van der Waals surface area (Å²) in [4.78, 5) is 72.2. The molecule has 0 saturated heterocycles. The molecule has 0 saturated carbocycles. The average molecular weight is 666 g/mol. The predicted molar refractivity (Wildman–Crippen MR) is 189 cm³/mol. The van der Waals surface area contributed by atoms with Crippen LogP contribution in [0, 0.1) is 6.92 Å². The third-order valence-electron chi connectivity index (χ3n) is 11.0. The molecule has 0 fully saturated rings. The monoisotopic (exact) mass is 665 g/mol. The molecular formula is C39H47N5O5. The molecule has 4 atom stereocenters. The van der Waals surface area contributed by atoms with Gasteiger partial charge in [-0.25, -0.2) is 4.98 Å². The van der Waals surface area contributed by atoms with Crippen LogP contribution in [0.2, 0.25) is 0 Å². The van der Waals surface area contributed by atoms with Crippen LogP contribution >= 0.6 is 0 Å². The number of unbranched alkanes of at least 4 members (excludes halogenated alkanes) is 3. The van der Waals surface area contributed by atoms with E-state index >= 15 is 0 Å². The fourth-order valence-corrected chi connectivity index (χ4v) is 7.94. The van der Waals surface area contributed by atoms with Crippen LogP contribution in [0.1, 0.15) is 164 Å². The highest BCUT2D eigenvalue weighted by Crippen LogP contribution is 2.45. The smallest absolute Gasteiger partial charge is 0.305 e. The van der Waals surface area contributed by atoms with Crippen molar-refractivity contribution in [2.24, 2.45) is 0 Å². The molecule has 8 bridgehead atoms. The Morgan fingerprint density at radius 3 is 2.37 bits per heavy atom. The van der Waals surface area contributed by atoms with E-state index < -0.39 is 0 Å². The van der Waals surface area contributed by atoms with Gasteiger partial charge in [0.2, 0.25) is 0 Å². The minimum Gasteiger partial charge on any atom is -0.469 e. The quantitative estimate of drug-likeness (QED) is 0.114. The number of allylic oxidation sites excluding steroid dienone is 2. The molecule has 0 aromatic carbocycles. The van der Waals surface area contributed by atoms with Crippen LogP contribution in [-0.4, -0.2) is 62.6 Å². The zero-order valence-electron chi connectivity index (χ0n) is 29.7. The normalized spacial score (nSPS) is 20.9. The number of aromatic nitrogens is 4. The molecule has 0 spiro atoms. The third-order valence-corrected chi connectivity index (χ3v) is 11.0. The standard InChI is InChI=1S/C39H47N5O5/c1-8-10-11-12-15-44-38(47)34-23(6)30-18-31-24(9-2)20(3)28(40-31)17-32-26(19-45)22(5)27(41-32)16-29-21(4)25(13-14-33(46)49-7)36(42-29)35(39(44)48)37(34)43-30/h16-21,24-25,40,43H,8-15H2,1-7H3. The summed E-state index contributed by atoms with van der Waals surface area (Å²) in [5.41, 5.74) is 8.60. The van der Waals surface area contributed by atoms with E-state index in [2.05, 4.69) is 36.8 Å². The first kappa shape index (κ1) is 34.3. The number of H-pyrrole nitrogens is 2. The molecular weight excluding hydrogens is 618 g/mol. The number of imide groups is 1. The minimum atomic E-state index is -0.372. The predicted octanol–water partition coefficient (Wildman–Crippen LogP) is 7.79. The number of rotatable bonds is 10. The molecule has 4 aliphatic heterocycles. The molecule has 2 aromatic heterocycles. The second kappa shape index (κ2) is 13.7. The second-order valence-electron chi connectivity index (χ2n) is 13.9. The van der Waals surface area contributed by atoms with Gasteiger partial charge in [-0.15, -0.1) is 0 Å². The second-order valence-corrected chi connectivity index (χ2v) is 13.9. The van der Waals surface area contributed by atoms with Gasteiger partial charge in [0, 0.05) is 64.8 Å². The van der Waals surface area contributed by atoms with Gasteiger partial charge in [0.05, 0.1) is 40.8 Å². The van der Waals surface area contributed by atoms with Gasteiger partial charge in [-0.1, -0.05) is 47.0 Å². The highest BCUT2D eigenvalue weighted by Gasteiger charge is 2.41. The van der Waals surface area contributed by atoms with Crippen LogP contribution in [0.25, 0.3) is 22.2 Å². The molecule has 10 heteroatoms. The molecule has 6 rings (SSSR count). The lowest BCUT2D eigenvalue weighted by molar-refractivity contribution is -0.140. The number of amides is 2. The van der Waals surface area contributed by atoms with Crippen molar-refractivity contribution in [3.8, 4) is 0 Å². The lowest BCUT2D eigenvalue weighted by Gasteiger charge is -2.27. The molecule has 4 unspecified atom stereocenters. The molecule has 10 nitrogen and oxygen atoms in total. The van der Waals surface area contributed by atoms with Crippen molar-refractivity contribution in [2.45, 2.75) is 110 Å². The Morgan fingerprint density at radius 1 is 0.918 bits per heavy atom. The van der Waals surface area contributed by atoms with Crippen LogP contribution in [0.4, 0.5) is 0 Å². The van der Waals surface area contributed by atoms with Crippen molar-refractivity contribution in [1.82, 2.24) is 24.8 Å². The Labute approximate surface area is 287 Å². The van der Waals surface area contributed by atoms with Crippen LogP contribution in [0.5, 0.6) is 0 Å². The first-order chi connectivity index (χ1) is 23.5. The van der Waals surface area contributed by atoms with Crippen LogP contribution in [0.3, 0.4) is 0 Å². The maximum atomic E-state index is 14.6. The van der Waals surface area contributed by atoms with E-state index in [4.69, 9.17) is 14.7 Å². The van der Waals surface area contributed by atoms with E-state index in [-0.39, 0.29) is 47.9 Å². The topological polar surface area (TPSA) is 138 Å². The van der Waals surface area contributed by atoms with Gasteiger partial charge in [-0.3, -0.25) is 29.1 Å². The lowest BCUT2D eigenvalue weighted by atomic mass is 9.84. The van der Waals surface area contributed by atoms with Gasteiger partial charge >= 0.3 is 5.97 Å². The Kier molecular flexibility index (Phi) is 9.60. The fraction of sp³-hybridized carbons (Fsp3) is 0.487. The van der Waals surface area contributed by atoms with Crippen molar-refractivity contribution >= 4 is 46.2 Å². The van der Waals surface area contributed by atoms with E-state index in [0.29, 0.717) is 64.4 Å². The maximum Gasteiger partial charge on any atom is 0.305 e. The number of ether oxygens (including phenoxy) is 1. The Bertz CT molecular complexity index is 1950. The van der Waals surface area contributed by atoms with Gasteiger partial charge in [-0.2, -0.15) is 0 Å². The molecule has 4 aliphatic rings. The minimum absolute atomic E-state index is 0.135. The van der Waals surface area contributed by atoms with E-state index in [1.807, 2.05) is 32.9 Å². The van der Waals surface area contributed by atoms with Gasteiger partial charge in [0.15, 0.2) is 6.29 Å². The summed E-state index contributed by atoms with van der Waals surface area (Å²) in [5, 5.41) is 0. The molecule has 49 heavy (non-hydrogen) atoms. The summed E-state index contributed by atoms with van der Waals surface area (Å²) in [6.45, 7) is 12.6. The summed E-state index contributed by atoms with van der Waals surface area (Å²) in [7, 11) is 1.37. The van der Waals surface area contributed by atoms with Crippen molar-refractivity contribution < 1.29 is 23.9 Å². The number of hydrogen-bond donors (Lipinski definition) is 2. The number of nitrogens with zero attached hydrogens (tertiary/aromatic N) is 3. The molecule has 0 aliphatic carbocycles. The zero-order valence-corrected chi connectivity index (χ0v) is 29.7. The maximum absolute atomic E-state index is 14.6. The van der Waals surface area contributed by atoms with Gasteiger partial charge < -0.3 is 14.7 Å². The highest BCUT2D eigenvalue weighted by molar-refractivity contribution is 6.23. The number of aromatic amines is 2. The SMILES string of the molecule is CCCCCCN1C(=O)c2c3nc(cc4nc(cc5[nH]c(cc6[nH]c2c(c6C)C1=O)C(CC)C5C)C(C=O)=C4C)C(C)C3CCC(=O)OC. The number of hydrogen-bond acceptors (Lipinski definition) is 7. The third kappa shape index (κ3) is 5.89. The number of methoxy groups -OCH3 is 1. The van der Waals surface area contributed by atoms with Gasteiger partial charge in [0.25, 0.3) is 11.8 Å². The summed E-state index contributed by atoms with van der Waals surface area (Å²) in [6.07, 6.45) is 5.98. The zero-order chi connectivity index (χ0) is 35.1.